The van der Waals surface area contributed by atoms with E-state index in [0.29, 0.717) is 0 Å². The summed E-state index contributed by atoms with van der Waals surface area (Å²) in [4.78, 5) is 8.73. The minimum absolute atomic E-state index is 0.818. The third-order valence-electron chi connectivity index (χ3n) is 2.37. The average Bonchev–Trinajstić information content (AvgIpc) is 2.84. The number of hydrogen-bond acceptors (Lipinski definition) is 3. The van der Waals surface area contributed by atoms with E-state index in [1.165, 1.54) is 0 Å². The van der Waals surface area contributed by atoms with Crippen LogP contribution in [-0.4, -0.2) is 20.9 Å². The summed E-state index contributed by atoms with van der Waals surface area (Å²) in [5.74, 6) is 0. The first-order valence-corrected chi connectivity index (χ1v) is 5.33. The summed E-state index contributed by atoms with van der Waals surface area (Å²) in [6, 6.07) is 1.93. The summed E-state index contributed by atoms with van der Waals surface area (Å²) in [6.07, 6.45) is 6.32. The highest BCUT2D eigenvalue weighted by molar-refractivity contribution is 9.10. The van der Waals surface area contributed by atoms with E-state index in [9.17, 15) is 0 Å². The Hall–Kier alpha value is -1.49. The summed E-state index contributed by atoms with van der Waals surface area (Å²) in [7, 11) is 0. The van der Waals surface area contributed by atoms with Crippen molar-refractivity contribution in [3.63, 3.8) is 0 Å². The van der Waals surface area contributed by atoms with Gasteiger partial charge in [0.15, 0.2) is 0 Å². The van der Waals surface area contributed by atoms with Crippen LogP contribution in [-0.2, 0) is 6.42 Å². The lowest BCUT2D eigenvalue weighted by atomic mass is 10.1. The molecule has 0 atom stereocenters. The maximum Gasteiger partial charge on any atom is 0.108 e. The minimum Gasteiger partial charge on any atom is -0.285 e. The lowest BCUT2D eigenvalue weighted by Gasteiger charge is -1.95. The Labute approximate surface area is 94.6 Å². The quantitative estimate of drug-likeness (QED) is 0.802. The second-order valence-corrected chi connectivity index (χ2v) is 4.17. The number of aliphatic imine (C=N–C) groups is 1. The van der Waals surface area contributed by atoms with E-state index in [2.05, 4.69) is 36.1 Å². The Bertz CT molecular complexity index is 530. The molecule has 4 nitrogen and oxygen atoms in total. The average molecular weight is 263 g/mol. The number of fused-ring (bicyclic) bond motifs is 1. The normalized spacial score (nSPS) is 13.8. The summed E-state index contributed by atoms with van der Waals surface area (Å²) in [6.45, 7) is 0. The Kier molecular flexibility index (Phi) is 1.92. The molecule has 0 unspecified atom stereocenters. The van der Waals surface area contributed by atoms with Gasteiger partial charge in [-0.1, -0.05) is 0 Å². The molecule has 74 valence electrons. The molecule has 5 heteroatoms. The first kappa shape index (κ1) is 8.79. The third-order valence-corrected chi connectivity index (χ3v) is 2.81. The zero-order chi connectivity index (χ0) is 10.3. The standard InChI is InChI=1S/C10H7BrN4/c11-10-2-9-6(3-12-10)1-8(15-9)7-4-13-14-5-7/h2-5H,1H2,(H,13,14). The van der Waals surface area contributed by atoms with E-state index in [-0.39, 0.29) is 0 Å². The highest BCUT2D eigenvalue weighted by Crippen LogP contribution is 2.29. The van der Waals surface area contributed by atoms with E-state index in [0.717, 1.165) is 33.5 Å². The molecule has 3 heterocycles. The molecule has 2 aromatic rings. The predicted molar refractivity (Wildman–Crippen MR) is 60.4 cm³/mol. The van der Waals surface area contributed by atoms with Gasteiger partial charge in [-0.15, -0.1) is 0 Å². The van der Waals surface area contributed by atoms with Crippen LogP contribution in [0, 0.1) is 0 Å². The van der Waals surface area contributed by atoms with Gasteiger partial charge in [0, 0.05) is 29.9 Å². The smallest absolute Gasteiger partial charge is 0.108 e. The molecule has 0 aromatic carbocycles. The maximum absolute atomic E-state index is 4.54. The fourth-order valence-electron chi connectivity index (χ4n) is 1.63. The third kappa shape index (κ3) is 1.48. The van der Waals surface area contributed by atoms with Crippen LogP contribution < -0.4 is 0 Å². The molecule has 0 bridgehead atoms. The van der Waals surface area contributed by atoms with Crippen molar-refractivity contribution in [2.24, 2.45) is 4.99 Å². The maximum atomic E-state index is 4.54. The van der Waals surface area contributed by atoms with Crippen LogP contribution in [0.2, 0.25) is 0 Å². The number of hydrogen-bond donors (Lipinski definition) is 1. The molecule has 2 aromatic heterocycles. The number of pyridine rings is 1. The number of aromatic amines is 1. The van der Waals surface area contributed by atoms with Crippen molar-refractivity contribution in [2.75, 3.05) is 0 Å². The van der Waals surface area contributed by atoms with Crippen LogP contribution in [0.3, 0.4) is 0 Å². The number of nitrogens with one attached hydrogen (secondary N) is 1. The van der Waals surface area contributed by atoms with Crippen molar-refractivity contribution in [3.8, 4) is 0 Å². The van der Waals surface area contributed by atoms with Crippen molar-refractivity contribution in [2.45, 2.75) is 6.42 Å². The molecular weight excluding hydrogens is 256 g/mol. The van der Waals surface area contributed by atoms with Gasteiger partial charge in [0.1, 0.15) is 4.60 Å². The molecule has 0 saturated carbocycles. The van der Waals surface area contributed by atoms with Gasteiger partial charge in [-0.2, -0.15) is 5.10 Å². The van der Waals surface area contributed by atoms with E-state index >= 15 is 0 Å². The Morgan fingerprint density at radius 2 is 2.27 bits per heavy atom. The van der Waals surface area contributed by atoms with Crippen LogP contribution in [0.4, 0.5) is 5.69 Å². The topological polar surface area (TPSA) is 53.9 Å². The van der Waals surface area contributed by atoms with E-state index in [4.69, 9.17) is 0 Å². The Balaban J connectivity index is 2.04. The zero-order valence-electron chi connectivity index (χ0n) is 7.74. The molecule has 0 spiro atoms. The molecule has 15 heavy (non-hydrogen) atoms. The molecule has 0 radical (unpaired) electrons. The number of aromatic nitrogens is 3. The highest BCUT2D eigenvalue weighted by atomic mass is 79.9. The Morgan fingerprint density at radius 3 is 3.07 bits per heavy atom. The second-order valence-electron chi connectivity index (χ2n) is 3.36. The van der Waals surface area contributed by atoms with Gasteiger partial charge in [0.25, 0.3) is 0 Å². The SMILES string of the molecule is Brc1cc2c(cn1)CC(c1cn[nH]c1)=N2. The number of rotatable bonds is 1. The predicted octanol–water partition coefficient (Wildman–Crippen LogP) is 2.24. The molecule has 3 rings (SSSR count). The van der Waals surface area contributed by atoms with Crippen LogP contribution in [0.5, 0.6) is 0 Å². The summed E-state index contributed by atoms with van der Waals surface area (Å²) in [5, 5.41) is 6.71. The van der Waals surface area contributed by atoms with E-state index < -0.39 is 0 Å². The molecular formula is C10H7BrN4. The number of halogens is 1. The highest BCUT2D eigenvalue weighted by Gasteiger charge is 2.17. The van der Waals surface area contributed by atoms with Crippen molar-refractivity contribution in [1.29, 1.82) is 0 Å². The molecule has 0 amide bonds. The van der Waals surface area contributed by atoms with Crippen molar-refractivity contribution in [1.82, 2.24) is 15.2 Å². The van der Waals surface area contributed by atoms with Crippen molar-refractivity contribution >= 4 is 27.3 Å². The molecule has 0 fully saturated rings. The molecule has 1 N–H and O–H groups in total. The lowest BCUT2D eigenvalue weighted by Crippen LogP contribution is -1.98. The van der Waals surface area contributed by atoms with Crippen LogP contribution in [0.15, 0.2) is 34.3 Å². The Morgan fingerprint density at radius 1 is 1.33 bits per heavy atom. The summed E-state index contributed by atoms with van der Waals surface area (Å²) < 4.78 is 0.818. The zero-order valence-corrected chi connectivity index (χ0v) is 9.32. The van der Waals surface area contributed by atoms with E-state index in [1.54, 1.807) is 6.20 Å². The molecule has 0 saturated heterocycles. The van der Waals surface area contributed by atoms with E-state index in [1.807, 2.05) is 18.5 Å². The van der Waals surface area contributed by atoms with Crippen LogP contribution >= 0.6 is 15.9 Å². The lowest BCUT2D eigenvalue weighted by molar-refractivity contribution is 1.09. The fourth-order valence-corrected chi connectivity index (χ4v) is 1.95. The first-order chi connectivity index (χ1) is 7.33. The molecule has 0 aliphatic carbocycles. The fraction of sp³-hybridized carbons (Fsp3) is 0.100. The first-order valence-electron chi connectivity index (χ1n) is 4.54. The monoisotopic (exact) mass is 262 g/mol. The number of nitrogens with zero attached hydrogens (tertiary/aromatic N) is 3. The summed E-state index contributed by atoms with van der Waals surface area (Å²) in [5.41, 5.74) is 4.24. The minimum atomic E-state index is 0.818. The van der Waals surface area contributed by atoms with Gasteiger partial charge in [-0.25, -0.2) is 4.98 Å². The second kappa shape index (κ2) is 3.27. The number of H-pyrrole nitrogens is 1. The van der Waals surface area contributed by atoms with Gasteiger partial charge < -0.3 is 0 Å². The van der Waals surface area contributed by atoms with Crippen molar-refractivity contribution < 1.29 is 0 Å². The summed E-state index contributed by atoms with van der Waals surface area (Å²) >= 11 is 3.33. The van der Waals surface area contributed by atoms with Gasteiger partial charge >= 0.3 is 0 Å². The van der Waals surface area contributed by atoms with Gasteiger partial charge in [-0.05, 0) is 22.0 Å². The van der Waals surface area contributed by atoms with Gasteiger partial charge in [0.05, 0.1) is 17.6 Å². The van der Waals surface area contributed by atoms with Gasteiger partial charge in [-0.3, -0.25) is 10.1 Å². The largest absolute Gasteiger partial charge is 0.285 e. The van der Waals surface area contributed by atoms with Crippen LogP contribution in [0.25, 0.3) is 0 Å². The van der Waals surface area contributed by atoms with Crippen LogP contribution in [0.1, 0.15) is 11.1 Å². The van der Waals surface area contributed by atoms with Crippen molar-refractivity contribution in [3.05, 3.63) is 40.4 Å². The molecule has 1 aliphatic rings. The molecule has 1 aliphatic heterocycles. The van der Waals surface area contributed by atoms with Gasteiger partial charge in [0.2, 0.25) is 0 Å².